The first-order chi connectivity index (χ1) is 12.9. The number of hydrogen-bond donors (Lipinski definition) is 1. The Morgan fingerprint density at radius 1 is 1.22 bits per heavy atom. The van der Waals surface area contributed by atoms with Crippen molar-refractivity contribution in [1.82, 2.24) is 14.6 Å². The van der Waals surface area contributed by atoms with Gasteiger partial charge in [0.1, 0.15) is 9.88 Å². The average Bonchev–Trinajstić information content (AvgIpc) is 3.18. The lowest BCUT2D eigenvalue weighted by molar-refractivity contribution is 0.0601. The highest BCUT2D eigenvalue weighted by Crippen LogP contribution is 2.35. The van der Waals surface area contributed by atoms with E-state index < -0.39 is 17.8 Å². The molecule has 11 heteroatoms. The van der Waals surface area contributed by atoms with Crippen molar-refractivity contribution in [1.29, 1.82) is 0 Å². The third-order valence-electron chi connectivity index (χ3n) is 3.69. The number of carbonyl (C=O) groups is 3. The highest BCUT2D eigenvalue weighted by molar-refractivity contribution is 9.10. The molecule has 3 rings (SSSR count). The summed E-state index contributed by atoms with van der Waals surface area (Å²) in [4.78, 5) is 41.1. The van der Waals surface area contributed by atoms with Gasteiger partial charge in [-0.2, -0.15) is 5.10 Å². The van der Waals surface area contributed by atoms with Gasteiger partial charge in [0, 0.05) is 12.4 Å². The number of carbonyl (C=O) groups excluding carboxylic acids is 3. The van der Waals surface area contributed by atoms with Gasteiger partial charge < -0.3 is 14.8 Å². The molecule has 27 heavy (non-hydrogen) atoms. The van der Waals surface area contributed by atoms with Crippen LogP contribution in [-0.4, -0.2) is 46.7 Å². The van der Waals surface area contributed by atoms with Crippen molar-refractivity contribution in [2.45, 2.75) is 6.92 Å². The molecule has 0 unspecified atom stereocenters. The summed E-state index contributed by atoms with van der Waals surface area (Å²) in [6.45, 7) is 1.58. The van der Waals surface area contributed by atoms with Crippen LogP contribution in [0.2, 0.25) is 0 Å². The van der Waals surface area contributed by atoms with Crippen LogP contribution in [0, 0.1) is 6.92 Å². The maximum Gasteiger partial charge on any atom is 0.348 e. The number of ether oxygens (including phenoxy) is 2. The van der Waals surface area contributed by atoms with E-state index in [1.54, 1.807) is 25.4 Å². The van der Waals surface area contributed by atoms with Crippen LogP contribution < -0.4 is 5.32 Å². The van der Waals surface area contributed by atoms with Gasteiger partial charge in [-0.25, -0.2) is 19.1 Å². The normalized spacial score (nSPS) is 10.7. The number of anilines is 1. The lowest BCUT2D eigenvalue weighted by Crippen LogP contribution is -2.15. The molecule has 0 aromatic carbocycles. The molecule has 0 spiro atoms. The smallest absolute Gasteiger partial charge is 0.348 e. The Morgan fingerprint density at radius 3 is 2.56 bits per heavy atom. The Kier molecular flexibility index (Phi) is 5.24. The number of fused-ring (bicyclic) bond motifs is 1. The van der Waals surface area contributed by atoms with Gasteiger partial charge in [0.2, 0.25) is 0 Å². The molecule has 1 N–H and O–H groups in total. The van der Waals surface area contributed by atoms with Crippen LogP contribution in [0.4, 0.5) is 5.00 Å². The zero-order valence-electron chi connectivity index (χ0n) is 14.4. The van der Waals surface area contributed by atoms with Crippen molar-refractivity contribution >= 4 is 55.8 Å². The van der Waals surface area contributed by atoms with Crippen molar-refractivity contribution < 1.29 is 23.9 Å². The molecule has 0 saturated heterocycles. The number of rotatable bonds is 4. The fourth-order valence-corrected chi connectivity index (χ4v) is 4.05. The fourth-order valence-electron chi connectivity index (χ4n) is 2.40. The monoisotopic (exact) mass is 452 g/mol. The lowest BCUT2D eigenvalue weighted by atomic mass is 10.1. The number of esters is 2. The molecule has 3 aromatic heterocycles. The van der Waals surface area contributed by atoms with E-state index >= 15 is 0 Å². The predicted molar refractivity (Wildman–Crippen MR) is 100 cm³/mol. The van der Waals surface area contributed by atoms with Gasteiger partial charge in [-0.1, -0.05) is 0 Å². The van der Waals surface area contributed by atoms with Gasteiger partial charge >= 0.3 is 11.9 Å². The summed E-state index contributed by atoms with van der Waals surface area (Å²) in [5, 5.41) is 6.97. The molecule has 3 heterocycles. The van der Waals surface area contributed by atoms with Gasteiger partial charge in [-0.15, -0.1) is 11.3 Å². The average molecular weight is 453 g/mol. The number of aromatic nitrogens is 3. The van der Waals surface area contributed by atoms with Crippen LogP contribution in [0.3, 0.4) is 0 Å². The first kappa shape index (κ1) is 19.0. The van der Waals surface area contributed by atoms with Gasteiger partial charge in [-0.3, -0.25) is 4.79 Å². The topological polar surface area (TPSA) is 112 Å². The minimum atomic E-state index is -0.676. The van der Waals surface area contributed by atoms with Crippen LogP contribution in [0.5, 0.6) is 0 Å². The van der Waals surface area contributed by atoms with Crippen molar-refractivity contribution in [3.8, 4) is 0 Å². The molecular weight excluding hydrogens is 440 g/mol. The first-order valence-corrected chi connectivity index (χ1v) is 9.10. The molecule has 0 aliphatic rings. The van der Waals surface area contributed by atoms with Gasteiger partial charge in [0.05, 0.1) is 24.3 Å². The quantitative estimate of drug-likeness (QED) is 0.605. The molecule has 0 radical (unpaired) electrons. The maximum atomic E-state index is 12.7. The molecular formula is C16H13BrN4O5S. The Hall–Kier alpha value is -2.79. The van der Waals surface area contributed by atoms with Gasteiger partial charge in [0.15, 0.2) is 11.3 Å². The second kappa shape index (κ2) is 7.45. The Bertz CT molecular complexity index is 1070. The number of hydrogen-bond acceptors (Lipinski definition) is 8. The van der Waals surface area contributed by atoms with Crippen molar-refractivity contribution in [3.63, 3.8) is 0 Å². The molecule has 0 fully saturated rings. The molecule has 0 aliphatic carbocycles. The zero-order valence-corrected chi connectivity index (χ0v) is 16.8. The van der Waals surface area contributed by atoms with Crippen molar-refractivity contribution in [2.24, 2.45) is 0 Å². The largest absolute Gasteiger partial charge is 0.465 e. The summed E-state index contributed by atoms with van der Waals surface area (Å²) in [6.07, 6.45) is 3.22. The molecule has 0 bridgehead atoms. The van der Waals surface area contributed by atoms with Crippen LogP contribution >= 0.6 is 27.3 Å². The minimum Gasteiger partial charge on any atom is -0.465 e. The van der Waals surface area contributed by atoms with E-state index in [1.165, 1.54) is 18.7 Å². The van der Waals surface area contributed by atoms with Crippen LogP contribution in [0.25, 0.3) is 5.65 Å². The third kappa shape index (κ3) is 3.30. The van der Waals surface area contributed by atoms with E-state index in [2.05, 4.69) is 31.3 Å². The number of nitrogens with zero attached hydrogens (tertiary/aromatic N) is 3. The Balaban J connectivity index is 2.03. The number of nitrogens with one attached hydrogen (secondary N) is 1. The number of halogens is 1. The van der Waals surface area contributed by atoms with E-state index in [1.807, 2.05) is 0 Å². The standard InChI is InChI=1S/C16H13BrN4O5S/c1-7-8(15(23)25-2)14(27-11(7)16(24)26-3)19-13(22)10-9(17)12-18-5-4-6-21(12)20-10/h4-6H,1-3H3,(H,19,22). The molecule has 0 aliphatic heterocycles. The Labute approximate surface area is 165 Å². The zero-order chi connectivity index (χ0) is 19.7. The summed E-state index contributed by atoms with van der Waals surface area (Å²) in [6, 6.07) is 1.68. The second-order valence-corrected chi connectivity index (χ2v) is 7.06. The van der Waals surface area contributed by atoms with E-state index in [9.17, 15) is 14.4 Å². The number of methoxy groups -OCH3 is 2. The van der Waals surface area contributed by atoms with Crippen LogP contribution in [0.15, 0.2) is 22.9 Å². The molecule has 0 atom stereocenters. The highest BCUT2D eigenvalue weighted by Gasteiger charge is 2.28. The summed E-state index contributed by atoms with van der Waals surface area (Å²) >= 11 is 4.24. The summed E-state index contributed by atoms with van der Waals surface area (Å²) in [5.41, 5.74) is 1.00. The van der Waals surface area contributed by atoms with E-state index in [4.69, 9.17) is 9.47 Å². The highest BCUT2D eigenvalue weighted by atomic mass is 79.9. The van der Waals surface area contributed by atoms with Gasteiger partial charge in [0.25, 0.3) is 5.91 Å². The SMILES string of the molecule is COC(=O)c1sc(NC(=O)c2nn3cccnc3c2Br)c(C(=O)OC)c1C. The second-order valence-electron chi connectivity index (χ2n) is 5.25. The van der Waals surface area contributed by atoms with Crippen molar-refractivity contribution in [2.75, 3.05) is 19.5 Å². The molecule has 9 nitrogen and oxygen atoms in total. The third-order valence-corrected chi connectivity index (χ3v) is 5.61. The minimum absolute atomic E-state index is 0.0789. The maximum absolute atomic E-state index is 12.7. The number of thiophene rings is 1. The lowest BCUT2D eigenvalue weighted by Gasteiger charge is -2.04. The predicted octanol–water partition coefficient (Wildman–Crippen LogP) is 2.69. The van der Waals surface area contributed by atoms with Gasteiger partial charge in [-0.05, 0) is 34.5 Å². The van der Waals surface area contributed by atoms with Crippen LogP contribution in [-0.2, 0) is 9.47 Å². The summed E-state index contributed by atoms with van der Waals surface area (Å²) in [7, 11) is 2.45. The van der Waals surface area contributed by atoms with E-state index in [0.717, 1.165) is 11.3 Å². The van der Waals surface area contributed by atoms with E-state index in [-0.39, 0.29) is 21.1 Å². The molecule has 0 saturated carbocycles. The first-order valence-electron chi connectivity index (χ1n) is 7.49. The summed E-state index contributed by atoms with van der Waals surface area (Å²) in [5.74, 6) is -1.86. The summed E-state index contributed by atoms with van der Waals surface area (Å²) < 4.78 is 11.3. The van der Waals surface area contributed by atoms with Crippen molar-refractivity contribution in [3.05, 3.63) is 44.6 Å². The molecule has 3 aromatic rings. The van der Waals surface area contributed by atoms with Crippen LogP contribution in [0.1, 0.15) is 36.1 Å². The molecule has 140 valence electrons. The Morgan fingerprint density at radius 2 is 1.93 bits per heavy atom. The number of amides is 1. The van der Waals surface area contributed by atoms with E-state index in [0.29, 0.717) is 15.7 Å². The molecule has 1 amide bonds. The fraction of sp³-hybridized carbons (Fsp3) is 0.188.